The van der Waals surface area contributed by atoms with Crippen molar-refractivity contribution in [2.45, 2.75) is 32.7 Å². The molecule has 0 bridgehead atoms. The highest BCUT2D eigenvalue weighted by Crippen LogP contribution is 2.15. The average molecular weight is 197 g/mol. The average Bonchev–Trinajstić information content (AvgIpc) is 2.62. The number of carbonyl (C=O) groups is 1. The molecule has 0 saturated carbocycles. The van der Waals surface area contributed by atoms with E-state index in [1.165, 1.54) is 6.07 Å². The highest BCUT2D eigenvalue weighted by Gasteiger charge is 2.10. The number of aromatic carboxylic acids is 1. The Labute approximate surface area is 82.9 Å². The first kappa shape index (κ1) is 10.6. The first-order chi connectivity index (χ1) is 6.67. The number of furan rings is 1. The molecule has 0 atom stereocenters. The molecule has 0 aliphatic carbocycles. The van der Waals surface area contributed by atoms with Crippen molar-refractivity contribution in [3.05, 3.63) is 17.9 Å². The lowest BCUT2D eigenvalue weighted by Crippen LogP contribution is -2.16. The number of carboxylic acid groups (broad SMARTS) is 1. The van der Waals surface area contributed by atoms with Gasteiger partial charge < -0.3 is 14.8 Å². The molecule has 1 rings (SSSR count). The Morgan fingerprint density at radius 3 is 2.57 bits per heavy atom. The standard InChI is InChI=1S/C10H15NO3/c1-3-7(4-2)11-9-6-5-8(14-9)10(12)13/h5-7,11H,3-4H2,1-2H3,(H,12,13). The van der Waals surface area contributed by atoms with Gasteiger partial charge >= 0.3 is 5.97 Å². The lowest BCUT2D eigenvalue weighted by molar-refractivity contribution is 0.0663. The summed E-state index contributed by atoms with van der Waals surface area (Å²) in [6, 6.07) is 3.43. The van der Waals surface area contributed by atoms with Gasteiger partial charge in [-0.25, -0.2) is 4.79 Å². The maximum absolute atomic E-state index is 10.5. The van der Waals surface area contributed by atoms with E-state index in [1.807, 2.05) is 0 Å². The zero-order valence-corrected chi connectivity index (χ0v) is 8.41. The molecule has 2 N–H and O–H groups in total. The highest BCUT2D eigenvalue weighted by molar-refractivity contribution is 5.84. The number of nitrogens with one attached hydrogen (secondary N) is 1. The maximum atomic E-state index is 10.5. The second-order valence-corrected chi connectivity index (χ2v) is 3.13. The molecule has 1 heterocycles. The minimum Gasteiger partial charge on any atom is -0.475 e. The SMILES string of the molecule is CCC(CC)Nc1ccc(C(=O)O)o1. The largest absolute Gasteiger partial charge is 0.475 e. The Balaban J connectivity index is 2.63. The molecule has 0 radical (unpaired) electrons. The molecule has 1 aromatic rings. The van der Waals surface area contributed by atoms with Gasteiger partial charge in [0.2, 0.25) is 5.76 Å². The van der Waals surface area contributed by atoms with E-state index in [9.17, 15) is 4.79 Å². The molecule has 0 aliphatic rings. The van der Waals surface area contributed by atoms with E-state index in [0.29, 0.717) is 11.9 Å². The smallest absolute Gasteiger partial charge is 0.371 e. The predicted octanol–water partition coefficient (Wildman–Crippen LogP) is 2.58. The molecule has 78 valence electrons. The van der Waals surface area contributed by atoms with E-state index in [-0.39, 0.29) is 5.76 Å². The zero-order chi connectivity index (χ0) is 10.6. The van der Waals surface area contributed by atoms with Crippen LogP contribution in [-0.2, 0) is 0 Å². The van der Waals surface area contributed by atoms with Crippen LogP contribution < -0.4 is 5.32 Å². The van der Waals surface area contributed by atoms with Gasteiger partial charge in [-0.1, -0.05) is 13.8 Å². The summed E-state index contributed by atoms with van der Waals surface area (Å²) in [5.74, 6) is -0.544. The van der Waals surface area contributed by atoms with Crippen molar-refractivity contribution >= 4 is 11.9 Å². The summed E-state index contributed by atoms with van der Waals surface area (Å²) < 4.78 is 5.07. The van der Waals surface area contributed by atoms with Crippen molar-refractivity contribution in [3.63, 3.8) is 0 Å². The molecule has 0 aliphatic heterocycles. The highest BCUT2D eigenvalue weighted by atomic mass is 16.4. The van der Waals surface area contributed by atoms with Crippen molar-refractivity contribution < 1.29 is 14.3 Å². The Morgan fingerprint density at radius 2 is 2.14 bits per heavy atom. The predicted molar refractivity (Wildman–Crippen MR) is 53.7 cm³/mol. The van der Waals surface area contributed by atoms with Crippen molar-refractivity contribution in [2.75, 3.05) is 5.32 Å². The summed E-state index contributed by atoms with van der Waals surface area (Å²) in [6.07, 6.45) is 1.97. The molecular weight excluding hydrogens is 182 g/mol. The fraction of sp³-hybridized carbons (Fsp3) is 0.500. The summed E-state index contributed by atoms with van der Waals surface area (Å²) in [6.45, 7) is 4.14. The minimum atomic E-state index is -1.04. The lowest BCUT2D eigenvalue weighted by atomic mass is 10.2. The lowest BCUT2D eigenvalue weighted by Gasteiger charge is -2.12. The molecule has 0 aromatic carbocycles. The third kappa shape index (κ3) is 2.52. The van der Waals surface area contributed by atoms with Crippen LogP contribution in [0.15, 0.2) is 16.5 Å². The summed E-state index contributed by atoms with van der Waals surface area (Å²) in [4.78, 5) is 10.5. The van der Waals surface area contributed by atoms with Gasteiger partial charge in [-0.2, -0.15) is 0 Å². The van der Waals surface area contributed by atoms with Crippen molar-refractivity contribution in [3.8, 4) is 0 Å². The van der Waals surface area contributed by atoms with Crippen LogP contribution in [0.3, 0.4) is 0 Å². The Bertz CT molecular complexity index is 302. The zero-order valence-electron chi connectivity index (χ0n) is 8.41. The third-order valence-electron chi connectivity index (χ3n) is 2.15. The van der Waals surface area contributed by atoms with Crippen molar-refractivity contribution in [2.24, 2.45) is 0 Å². The number of anilines is 1. The number of carboxylic acids is 1. The van der Waals surface area contributed by atoms with Gasteiger partial charge in [-0.05, 0) is 18.9 Å². The third-order valence-corrected chi connectivity index (χ3v) is 2.15. The molecule has 1 aromatic heterocycles. The summed E-state index contributed by atoms with van der Waals surface area (Å²) in [5, 5.41) is 11.7. The van der Waals surface area contributed by atoms with Crippen LogP contribution in [0.5, 0.6) is 0 Å². The molecule has 0 amide bonds. The fourth-order valence-corrected chi connectivity index (χ4v) is 1.22. The monoisotopic (exact) mass is 197 g/mol. The van der Waals surface area contributed by atoms with E-state index < -0.39 is 5.97 Å². The second-order valence-electron chi connectivity index (χ2n) is 3.13. The summed E-state index contributed by atoms with van der Waals surface area (Å²) in [5.41, 5.74) is 0. The van der Waals surface area contributed by atoms with E-state index in [4.69, 9.17) is 9.52 Å². The first-order valence-corrected chi connectivity index (χ1v) is 4.77. The quantitative estimate of drug-likeness (QED) is 0.761. The van der Waals surface area contributed by atoms with Crippen LogP contribution in [0.1, 0.15) is 37.2 Å². The van der Waals surface area contributed by atoms with Crippen LogP contribution >= 0.6 is 0 Å². The van der Waals surface area contributed by atoms with E-state index in [2.05, 4.69) is 19.2 Å². The van der Waals surface area contributed by atoms with E-state index >= 15 is 0 Å². The van der Waals surface area contributed by atoms with Crippen LogP contribution in [0.4, 0.5) is 5.88 Å². The van der Waals surface area contributed by atoms with Crippen LogP contribution in [0.25, 0.3) is 0 Å². The molecule has 14 heavy (non-hydrogen) atoms. The number of hydrogen-bond acceptors (Lipinski definition) is 3. The molecule has 0 fully saturated rings. The first-order valence-electron chi connectivity index (χ1n) is 4.77. The normalized spacial score (nSPS) is 10.5. The van der Waals surface area contributed by atoms with Gasteiger partial charge in [0.15, 0.2) is 5.88 Å². The second kappa shape index (κ2) is 4.69. The van der Waals surface area contributed by atoms with Crippen molar-refractivity contribution in [1.82, 2.24) is 0 Å². The summed E-state index contributed by atoms with van der Waals surface area (Å²) in [7, 11) is 0. The number of hydrogen-bond donors (Lipinski definition) is 2. The Morgan fingerprint density at radius 1 is 1.50 bits per heavy atom. The number of rotatable bonds is 5. The topological polar surface area (TPSA) is 62.5 Å². The van der Waals surface area contributed by atoms with Gasteiger partial charge in [-0.3, -0.25) is 0 Å². The molecule has 0 spiro atoms. The van der Waals surface area contributed by atoms with Crippen LogP contribution in [0.2, 0.25) is 0 Å². The van der Waals surface area contributed by atoms with Gasteiger partial charge in [0.25, 0.3) is 0 Å². The van der Waals surface area contributed by atoms with Gasteiger partial charge in [0.05, 0.1) is 0 Å². The molecular formula is C10H15NO3. The molecule has 0 unspecified atom stereocenters. The Hall–Kier alpha value is -1.45. The Kier molecular flexibility index (Phi) is 3.56. The van der Waals surface area contributed by atoms with Gasteiger partial charge in [0.1, 0.15) is 0 Å². The molecule has 4 heteroatoms. The maximum Gasteiger partial charge on any atom is 0.371 e. The van der Waals surface area contributed by atoms with Crippen LogP contribution in [-0.4, -0.2) is 17.1 Å². The van der Waals surface area contributed by atoms with Crippen molar-refractivity contribution in [1.29, 1.82) is 0 Å². The van der Waals surface area contributed by atoms with E-state index in [1.54, 1.807) is 6.07 Å². The fourth-order valence-electron chi connectivity index (χ4n) is 1.22. The van der Waals surface area contributed by atoms with Gasteiger partial charge in [-0.15, -0.1) is 0 Å². The van der Waals surface area contributed by atoms with Crippen LogP contribution in [0, 0.1) is 0 Å². The molecule has 4 nitrogen and oxygen atoms in total. The van der Waals surface area contributed by atoms with E-state index in [0.717, 1.165) is 12.8 Å². The van der Waals surface area contributed by atoms with Gasteiger partial charge in [0, 0.05) is 12.1 Å². The minimum absolute atomic E-state index is 0.0292. The molecule has 0 saturated heterocycles. The summed E-state index contributed by atoms with van der Waals surface area (Å²) >= 11 is 0.